The van der Waals surface area contributed by atoms with E-state index in [0.717, 1.165) is 18.7 Å². The van der Waals surface area contributed by atoms with E-state index in [1.165, 1.54) is 12.8 Å². The third-order valence-electron chi connectivity index (χ3n) is 2.86. The van der Waals surface area contributed by atoms with Gasteiger partial charge in [0.1, 0.15) is 11.9 Å². The summed E-state index contributed by atoms with van der Waals surface area (Å²) in [5, 5.41) is 4.56. The lowest BCUT2D eigenvalue weighted by Crippen LogP contribution is -2.32. The highest BCUT2D eigenvalue weighted by atomic mass is 35.5. The second-order valence-electron chi connectivity index (χ2n) is 4.41. The molecular formula is C13H17Cl2NO. The first-order valence-corrected chi connectivity index (χ1v) is 6.79. The Morgan fingerprint density at radius 3 is 2.71 bits per heavy atom. The van der Waals surface area contributed by atoms with Crippen molar-refractivity contribution < 1.29 is 4.74 Å². The first-order valence-electron chi connectivity index (χ1n) is 6.04. The molecule has 17 heavy (non-hydrogen) atoms. The number of benzene rings is 1. The molecule has 0 saturated heterocycles. The Bertz CT molecular complexity index is 380. The van der Waals surface area contributed by atoms with Crippen LogP contribution >= 0.6 is 23.2 Å². The first-order chi connectivity index (χ1) is 8.19. The van der Waals surface area contributed by atoms with E-state index in [0.29, 0.717) is 16.1 Å². The molecule has 1 aromatic carbocycles. The van der Waals surface area contributed by atoms with E-state index in [-0.39, 0.29) is 6.10 Å². The summed E-state index contributed by atoms with van der Waals surface area (Å²) in [4.78, 5) is 0. The van der Waals surface area contributed by atoms with Crippen LogP contribution in [-0.4, -0.2) is 18.7 Å². The molecule has 0 aliphatic heterocycles. The van der Waals surface area contributed by atoms with Crippen molar-refractivity contribution in [3.05, 3.63) is 28.2 Å². The van der Waals surface area contributed by atoms with Gasteiger partial charge < -0.3 is 10.1 Å². The van der Waals surface area contributed by atoms with Gasteiger partial charge in [-0.1, -0.05) is 30.1 Å². The standard InChI is InChI=1S/C13H17Cl2NO/c1-2-10(8-16-9-3-4-9)17-11-5-6-12(14)13(15)7-11/h5-7,9-10,16H,2-4,8H2,1H3. The van der Waals surface area contributed by atoms with Gasteiger partial charge in [0.15, 0.2) is 0 Å². The van der Waals surface area contributed by atoms with Gasteiger partial charge in [-0.05, 0) is 31.4 Å². The van der Waals surface area contributed by atoms with Crippen LogP contribution in [0.2, 0.25) is 10.0 Å². The fourth-order valence-electron chi connectivity index (χ4n) is 1.60. The molecule has 0 spiro atoms. The third kappa shape index (κ3) is 4.06. The maximum Gasteiger partial charge on any atom is 0.121 e. The van der Waals surface area contributed by atoms with Gasteiger partial charge in [-0.25, -0.2) is 0 Å². The van der Waals surface area contributed by atoms with Crippen molar-refractivity contribution in [2.45, 2.75) is 38.3 Å². The average Bonchev–Trinajstić information content (AvgIpc) is 3.13. The maximum atomic E-state index is 5.95. The number of nitrogens with one attached hydrogen (secondary N) is 1. The molecule has 1 aliphatic carbocycles. The van der Waals surface area contributed by atoms with Gasteiger partial charge >= 0.3 is 0 Å². The predicted octanol–water partition coefficient (Wildman–Crippen LogP) is 3.90. The Morgan fingerprint density at radius 2 is 2.12 bits per heavy atom. The molecule has 2 rings (SSSR count). The second kappa shape index (κ2) is 5.94. The summed E-state index contributed by atoms with van der Waals surface area (Å²) >= 11 is 11.8. The SMILES string of the molecule is CCC(CNC1CC1)Oc1ccc(Cl)c(Cl)c1. The van der Waals surface area contributed by atoms with Crippen molar-refractivity contribution >= 4 is 23.2 Å². The van der Waals surface area contributed by atoms with Crippen LogP contribution in [0.1, 0.15) is 26.2 Å². The van der Waals surface area contributed by atoms with Crippen molar-refractivity contribution in [2.75, 3.05) is 6.54 Å². The molecule has 0 bridgehead atoms. The van der Waals surface area contributed by atoms with Crippen LogP contribution in [0, 0.1) is 0 Å². The van der Waals surface area contributed by atoms with Crippen LogP contribution in [0.25, 0.3) is 0 Å². The van der Waals surface area contributed by atoms with Gasteiger partial charge in [-0.15, -0.1) is 0 Å². The Labute approximate surface area is 112 Å². The van der Waals surface area contributed by atoms with E-state index < -0.39 is 0 Å². The average molecular weight is 274 g/mol. The molecule has 2 nitrogen and oxygen atoms in total. The highest BCUT2D eigenvalue weighted by molar-refractivity contribution is 6.42. The quantitative estimate of drug-likeness (QED) is 0.849. The highest BCUT2D eigenvalue weighted by Crippen LogP contribution is 2.27. The number of ether oxygens (including phenoxy) is 1. The van der Waals surface area contributed by atoms with Crippen molar-refractivity contribution in [1.29, 1.82) is 0 Å². The summed E-state index contributed by atoms with van der Waals surface area (Å²) < 4.78 is 5.87. The molecule has 0 amide bonds. The zero-order chi connectivity index (χ0) is 12.3. The fourth-order valence-corrected chi connectivity index (χ4v) is 1.89. The Hall–Kier alpha value is -0.440. The largest absolute Gasteiger partial charge is 0.489 e. The number of halogens is 2. The second-order valence-corrected chi connectivity index (χ2v) is 5.22. The normalized spacial score (nSPS) is 16.9. The molecule has 4 heteroatoms. The van der Waals surface area contributed by atoms with E-state index in [1.807, 2.05) is 6.07 Å². The summed E-state index contributed by atoms with van der Waals surface area (Å²) in [6.45, 7) is 3.01. The lowest BCUT2D eigenvalue weighted by atomic mass is 10.2. The smallest absolute Gasteiger partial charge is 0.121 e. The first kappa shape index (κ1) is 13.0. The van der Waals surface area contributed by atoms with E-state index >= 15 is 0 Å². The van der Waals surface area contributed by atoms with Crippen LogP contribution in [0.5, 0.6) is 5.75 Å². The topological polar surface area (TPSA) is 21.3 Å². The fraction of sp³-hybridized carbons (Fsp3) is 0.538. The molecule has 1 aliphatic rings. The Balaban J connectivity index is 1.89. The summed E-state index contributed by atoms with van der Waals surface area (Å²) in [7, 11) is 0. The molecular weight excluding hydrogens is 257 g/mol. The van der Waals surface area contributed by atoms with Gasteiger partial charge in [0.2, 0.25) is 0 Å². The molecule has 1 saturated carbocycles. The molecule has 1 N–H and O–H groups in total. The van der Waals surface area contributed by atoms with Crippen LogP contribution in [0.4, 0.5) is 0 Å². The van der Waals surface area contributed by atoms with Gasteiger partial charge in [0, 0.05) is 18.7 Å². The molecule has 0 heterocycles. The van der Waals surface area contributed by atoms with E-state index in [1.54, 1.807) is 12.1 Å². The Kier molecular flexibility index (Phi) is 4.55. The molecule has 1 unspecified atom stereocenters. The van der Waals surface area contributed by atoms with Crippen molar-refractivity contribution in [1.82, 2.24) is 5.32 Å². The minimum Gasteiger partial charge on any atom is -0.489 e. The van der Waals surface area contributed by atoms with Crippen molar-refractivity contribution in [3.63, 3.8) is 0 Å². The van der Waals surface area contributed by atoms with Crippen molar-refractivity contribution in [3.8, 4) is 5.75 Å². The zero-order valence-corrected chi connectivity index (χ0v) is 11.4. The summed E-state index contributed by atoms with van der Waals surface area (Å²) in [6, 6.07) is 6.10. The van der Waals surface area contributed by atoms with E-state index in [2.05, 4.69) is 12.2 Å². The van der Waals surface area contributed by atoms with Gasteiger partial charge in [0.25, 0.3) is 0 Å². The zero-order valence-electron chi connectivity index (χ0n) is 9.88. The number of hydrogen-bond acceptors (Lipinski definition) is 2. The Morgan fingerprint density at radius 1 is 1.35 bits per heavy atom. The van der Waals surface area contributed by atoms with Crippen molar-refractivity contribution in [2.24, 2.45) is 0 Å². The molecule has 1 fully saturated rings. The number of rotatable bonds is 6. The number of hydrogen-bond donors (Lipinski definition) is 1. The third-order valence-corrected chi connectivity index (χ3v) is 3.60. The summed E-state index contributed by atoms with van der Waals surface area (Å²) in [5.74, 6) is 0.781. The van der Waals surface area contributed by atoms with Crippen LogP contribution in [0.3, 0.4) is 0 Å². The molecule has 0 radical (unpaired) electrons. The van der Waals surface area contributed by atoms with E-state index in [4.69, 9.17) is 27.9 Å². The summed E-state index contributed by atoms with van der Waals surface area (Å²) in [5.41, 5.74) is 0. The molecule has 0 aromatic heterocycles. The molecule has 1 aromatic rings. The maximum absolute atomic E-state index is 5.95. The van der Waals surface area contributed by atoms with E-state index in [9.17, 15) is 0 Å². The molecule has 1 atom stereocenters. The minimum atomic E-state index is 0.188. The lowest BCUT2D eigenvalue weighted by Gasteiger charge is -2.18. The van der Waals surface area contributed by atoms with Crippen LogP contribution in [0.15, 0.2) is 18.2 Å². The molecule has 94 valence electrons. The highest BCUT2D eigenvalue weighted by Gasteiger charge is 2.21. The summed E-state index contributed by atoms with van der Waals surface area (Å²) in [6.07, 6.45) is 3.75. The predicted molar refractivity (Wildman–Crippen MR) is 72.2 cm³/mol. The van der Waals surface area contributed by atoms with Gasteiger partial charge in [-0.3, -0.25) is 0 Å². The monoisotopic (exact) mass is 273 g/mol. The van der Waals surface area contributed by atoms with Crippen LogP contribution in [-0.2, 0) is 0 Å². The van der Waals surface area contributed by atoms with Gasteiger partial charge in [0.05, 0.1) is 10.0 Å². The van der Waals surface area contributed by atoms with Gasteiger partial charge in [-0.2, -0.15) is 0 Å². The lowest BCUT2D eigenvalue weighted by molar-refractivity contribution is 0.193. The minimum absolute atomic E-state index is 0.188. The van der Waals surface area contributed by atoms with Crippen LogP contribution < -0.4 is 10.1 Å².